The molecule has 4 nitrogen and oxygen atoms in total. The second kappa shape index (κ2) is 9.09. The molecule has 2 heterocycles. The summed E-state index contributed by atoms with van der Waals surface area (Å²) < 4.78 is 0. The minimum absolute atomic E-state index is 0.0289. The molecule has 0 radical (unpaired) electrons. The van der Waals surface area contributed by atoms with Gasteiger partial charge in [-0.15, -0.1) is 5.76 Å². The third kappa shape index (κ3) is 4.33. The van der Waals surface area contributed by atoms with Gasteiger partial charge in [-0.1, -0.05) is 73.5 Å². The second-order valence-electron chi connectivity index (χ2n) is 8.14. The Labute approximate surface area is 180 Å². The first kappa shape index (κ1) is 20.7. The zero-order valence-corrected chi connectivity index (χ0v) is 17.9. The molecule has 1 saturated heterocycles. The van der Waals surface area contributed by atoms with E-state index in [0.717, 1.165) is 51.4 Å². The minimum atomic E-state index is -0.140. The Morgan fingerprint density at radius 2 is 1.38 bits per heavy atom. The molecule has 0 spiro atoms. The van der Waals surface area contributed by atoms with E-state index < -0.39 is 0 Å². The Morgan fingerprint density at radius 3 is 2.14 bits per heavy atom. The molecule has 4 aliphatic rings. The van der Waals surface area contributed by atoms with Gasteiger partial charge in [0.25, 0.3) is 0 Å². The summed E-state index contributed by atoms with van der Waals surface area (Å²) in [5.74, 6) is -0.122. The van der Waals surface area contributed by atoms with Crippen molar-refractivity contribution in [2.75, 3.05) is 0 Å². The van der Waals surface area contributed by atoms with Crippen LogP contribution in [0.25, 0.3) is 0 Å². The van der Waals surface area contributed by atoms with Crippen LogP contribution in [0.2, 0.25) is 0 Å². The van der Waals surface area contributed by atoms with Crippen molar-refractivity contribution in [1.82, 2.24) is 0 Å². The number of fused-ring (bicyclic) bond motifs is 2. The predicted octanol–water partition coefficient (Wildman–Crippen LogP) is 3.87. The molecule has 0 aromatic carbocycles. The van der Waals surface area contributed by atoms with Gasteiger partial charge >= 0.3 is 0 Å². The van der Waals surface area contributed by atoms with Gasteiger partial charge in [0.05, 0.1) is 5.57 Å². The quantitative estimate of drug-likeness (QED) is 0.385. The molecule has 4 rings (SSSR count). The third-order valence-electron chi connectivity index (χ3n) is 6.31. The molecule has 0 aromatic rings. The molecule has 29 heavy (non-hydrogen) atoms. The summed E-state index contributed by atoms with van der Waals surface area (Å²) in [5.41, 5.74) is 0.529. The zero-order valence-electron chi connectivity index (χ0n) is 16.3. The number of Topliss-reactive ketones (excluding diaryl/α,β-unsaturated/α-hetero) is 1. The van der Waals surface area contributed by atoms with Crippen molar-refractivity contribution in [3.8, 4) is 0 Å². The van der Waals surface area contributed by atoms with E-state index in [9.17, 15) is 19.5 Å². The SMILES string of the molecule is O=C1SC2CCCCC2C(=O)C1=CC=CC=CC1=C([O-])C2CCCCC2SC1=O. The third-order valence-corrected chi connectivity index (χ3v) is 8.92. The molecule has 2 aliphatic carbocycles. The number of carbonyl (C=O) groups is 3. The maximum Gasteiger partial charge on any atom is 0.223 e. The molecule has 0 N–H and O–H groups in total. The number of hydrogen-bond acceptors (Lipinski definition) is 6. The summed E-state index contributed by atoms with van der Waals surface area (Å²) in [4.78, 5) is 37.3. The normalized spacial score (nSPS) is 34.9. The summed E-state index contributed by atoms with van der Waals surface area (Å²) in [7, 11) is 0. The minimum Gasteiger partial charge on any atom is -0.875 e. The zero-order chi connectivity index (χ0) is 20.4. The van der Waals surface area contributed by atoms with Gasteiger partial charge in [0.15, 0.2) is 5.78 Å². The van der Waals surface area contributed by atoms with Gasteiger partial charge in [0.2, 0.25) is 10.2 Å². The molecule has 2 saturated carbocycles. The number of hydrogen-bond donors (Lipinski definition) is 0. The number of allylic oxidation sites excluding steroid dienone is 6. The van der Waals surface area contributed by atoms with Crippen molar-refractivity contribution in [1.29, 1.82) is 0 Å². The Kier molecular flexibility index (Phi) is 6.50. The maximum absolute atomic E-state index is 12.7. The van der Waals surface area contributed by atoms with Crippen molar-refractivity contribution in [2.24, 2.45) is 11.8 Å². The lowest BCUT2D eigenvalue weighted by Crippen LogP contribution is -2.37. The molecular weight excluding hydrogens is 404 g/mol. The molecule has 2 aliphatic heterocycles. The van der Waals surface area contributed by atoms with E-state index in [1.807, 2.05) is 0 Å². The Hall–Kier alpha value is -1.53. The number of thioether (sulfide) groups is 2. The monoisotopic (exact) mass is 429 g/mol. The van der Waals surface area contributed by atoms with Crippen LogP contribution < -0.4 is 5.11 Å². The Bertz CT molecular complexity index is 836. The van der Waals surface area contributed by atoms with Crippen molar-refractivity contribution in [2.45, 2.75) is 61.9 Å². The smallest absolute Gasteiger partial charge is 0.223 e. The number of rotatable bonds is 3. The van der Waals surface area contributed by atoms with E-state index in [-0.39, 0.29) is 55.3 Å². The molecule has 4 atom stereocenters. The summed E-state index contributed by atoms with van der Waals surface area (Å²) in [5, 5.41) is 12.7. The fraction of sp³-hybridized carbons (Fsp3) is 0.522. The van der Waals surface area contributed by atoms with Gasteiger partial charge in [-0.2, -0.15) is 0 Å². The van der Waals surface area contributed by atoms with Crippen LogP contribution in [0.15, 0.2) is 47.3 Å². The Morgan fingerprint density at radius 1 is 0.759 bits per heavy atom. The predicted molar refractivity (Wildman–Crippen MR) is 115 cm³/mol. The van der Waals surface area contributed by atoms with E-state index in [1.165, 1.54) is 23.5 Å². The van der Waals surface area contributed by atoms with Gasteiger partial charge in [0.1, 0.15) is 0 Å². The molecular formula is C23H25O4S2-. The molecule has 0 aromatic heterocycles. The first-order valence-electron chi connectivity index (χ1n) is 10.5. The molecule has 154 valence electrons. The van der Waals surface area contributed by atoms with Crippen LogP contribution in [0.3, 0.4) is 0 Å². The summed E-state index contributed by atoms with van der Waals surface area (Å²) in [6, 6.07) is 0. The lowest BCUT2D eigenvalue weighted by atomic mass is 9.83. The van der Waals surface area contributed by atoms with Gasteiger partial charge in [0, 0.05) is 22.0 Å². The second-order valence-corrected chi connectivity index (χ2v) is 10.6. The van der Waals surface area contributed by atoms with Crippen LogP contribution in [-0.2, 0) is 14.4 Å². The molecule has 6 heteroatoms. The van der Waals surface area contributed by atoms with E-state index >= 15 is 0 Å². The van der Waals surface area contributed by atoms with Crippen LogP contribution >= 0.6 is 23.5 Å². The summed E-state index contributed by atoms with van der Waals surface area (Å²) in [6.45, 7) is 0. The van der Waals surface area contributed by atoms with Crippen LogP contribution in [0.5, 0.6) is 0 Å². The van der Waals surface area contributed by atoms with E-state index in [1.54, 1.807) is 30.4 Å². The molecule has 4 unspecified atom stereocenters. The highest BCUT2D eigenvalue weighted by atomic mass is 32.2. The summed E-state index contributed by atoms with van der Waals surface area (Å²) >= 11 is 2.61. The van der Waals surface area contributed by atoms with E-state index in [0.29, 0.717) is 0 Å². The highest BCUT2D eigenvalue weighted by Crippen LogP contribution is 2.43. The summed E-state index contributed by atoms with van der Waals surface area (Å²) in [6.07, 6.45) is 16.0. The number of ketones is 1. The lowest BCUT2D eigenvalue weighted by Gasteiger charge is -2.39. The standard InChI is InChI=1S/C23H26O4S2/c24-20-14-8-4-6-12-18(14)28-22(26)16(20)10-2-1-3-11-17-21(25)15-9-5-7-13-19(15)29-23(17)27/h1-3,10-11,14-15,18-19,24H,4-9,12-13H2/p-1. The van der Waals surface area contributed by atoms with Crippen molar-refractivity contribution in [3.05, 3.63) is 47.3 Å². The van der Waals surface area contributed by atoms with Gasteiger partial charge in [-0.05, 0) is 37.7 Å². The lowest BCUT2D eigenvalue weighted by molar-refractivity contribution is -0.317. The largest absolute Gasteiger partial charge is 0.875 e. The van der Waals surface area contributed by atoms with E-state index in [2.05, 4.69) is 0 Å². The van der Waals surface area contributed by atoms with Gasteiger partial charge in [-0.25, -0.2) is 0 Å². The van der Waals surface area contributed by atoms with Crippen molar-refractivity contribution in [3.63, 3.8) is 0 Å². The highest BCUT2D eigenvalue weighted by molar-refractivity contribution is 8.15. The van der Waals surface area contributed by atoms with Crippen molar-refractivity contribution < 1.29 is 19.5 Å². The van der Waals surface area contributed by atoms with Crippen LogP contribution in [-0.4, -0.2) is 26.5 Å². The molecule has 3 fully saturated rings. The topological polar surface area (TPSA) is 74.3 Å². The van der Waals surface area contributed by atoms with Crippen LogP contribution in [0, 0.1) is 11.8 Å². The van der Waals surface area contributed by atoms with Gasteiger partial charge < -0.3 is 5.11 Å². The fourth-order valence-electron chi connectivity index (χ4n) is 4.75. The Balaban J connectivity index is 1.44. The fourth-order valence-corrected chi connectivity index (χ4v) is 7.30. The van der Waals surface area contributed by atoms with Crippen molar-refractivity contribution >= 4 is 39.5 Å². The number of carbonyl (C=O) groups excluding carboxylic acids is 3. The first-order valence-corrected chi connectivity index (χ1v) is 12.2. The molecule has 0 bridgehead atoms. The maximum atomic E-state index is 12.7. The van der Waals surface area contributed by atoms with E-state index in [4.69, 9.17) is 0 Å². The average Bonchev–Trinajstić information content (AvgIpc) is 2.72. The van der Waals surface area contributed by atoms with Gasteiger partial charge in [-0.3, -0.25) is 14.4 Å². The average molecular weight is 430 g/mol. The highest BCUT2D eigenvalue weighted by Gasteiger charge is 2.41. The van der Waals surface area contributed by atoms with Crippen LogP contribution in [0.1, 0.15) is 51.4 Å². The first-order chi connectivity index (χ1) is 14.1. The van der Waals surface area contributed by atoms with Crippen LogP contribution in [0.4, 0.5) is 0 Å². The molecule has 0 amide bonds.